The minimum absolute atomic E-state index is 0.0189. The summed E-state index contributed by atoms with van der Waals surface area (Å²) in [4.78, 5) is 11.7. The maximum atomic E-state index is 11.7. The van der Waals surface area contributed by atoms with Gasteiger partial charge in [-0.15, -0.1) is 0 Å². The number of carbonyl (C=O) groups is 1. The average Bonchev–Trinajstić information content (AvgIpc) is 3.21. The Morgan fingerprint density at radius 3 is 2.67 bits per heavy atom. The zero-order valence-electron chi connectivity index (χ0n) is 10.8. The number of nitrogens with two attached hydrogens (primary N) is 1. The third-order valence-electron chi connectivity index (χ3n) is 7.98. The molecule has 0 aromatic carbocycles. The van der Waals surface area contributed by atoms with Crippen molar-refractivity contribution in [3.8, 4) is 0 Å². The molecule has 0 saturated heterocycles. The predicted molar refractivity (Wildman–Crippen MR) is 70.4 cm³/mol. The molecule has 7 rings (SSSR count). The van der Waals surface area contributed by atoms with Gasteiger partial charge in [-0.2, -0.15) is 0 Å². The number of allylic oxidation sites excluding steroid dienone is 2. The molecule has 6 saturated carbocycles. The Morgan fingerprint density at radius 1 is 1.39 bits per heavy atom. The Morgan fingerprint density at radius 2 is 2.17 bits per heavy atom. The first-order valence-corrected chi connectivity index (χ1v) is 8.83. The molecule has 2 N–H and O–H groups in total. The topological polar surface area (TPSA) is 43.1 Å². The molecule has 6 fully saturated rings. The lowest BCUT2D eigenvalue weighted by atomic mass is 9.72. The highest BCUT2D eigenvalue weighted by Crippen LogP contribution is 3.36. The van der Waals surface area contributed by atoms with Crippen LogP contribution in [0.2, 0.25) is 10.6 Å². The molecule has 0 radical (unpaired) electrons. The number of amides is 1. The second-order valence-corrected chi connectivity index (χ2v) is 11.1. The van der Waals surface area contributed by atoms with Crippen molar-refractivity contribution in [1.82, 2.24) is 0 Å². The molecule has 2 bridgehead atoms. The van der Waals surface area contributed by atoms with Crippen LogP contribution in [0, 0.1) is 28.1 Å². The Kier molecular flexibility index (Phi) is 0.954. The summed E-state index contributed by atoms with van der Waals surface area (Å²) < 4.78 is 0. The number of carbonyl (C=O) groups excluding carboxylic acids is 1. The van der Waals surface area contributed by atoms with Gasteiger partial charge in [0, 0.05) is 13.8 Å². The van der Waals surface area contributed by atoms with Gasteiger partial charge in [-0.25, -0.2) is 0 Å². The summed E-state index contributed by atoms with van der Waals surface area (Å²) >= 11 is 0. The highest BCUT2D eigenvalue weighted by molar-refractivity contribution is 6.80. The maximum Gasteiger partial charge on any atom is 0.224 e. The normalized spacial score (nSPS) is 70.7. The van der Waals surface area contributed by atoms with E-state index in [1.54, 1.807) is 5.17 Å². The summed E-state index contributed by atoms with van der Waals surface area (Å²) in [5.74, 6) is 1.73. The summed E-state index contributed by atoms with van der Waals surface area (Å²) in [5.41, 5.74) is 7.70. The van der Waals surface area contributed by atoms with Crippen molar-refractivity contribution in [3.05, 3.63) is 12.2 Å². The van der Waals surface area contributed by atoms with Gasteiger partial charge in [0.2, 0.25) is 5.91 Å². The van der Waals surface area contributed by atoms with Crippen LogP contribution < -0.4 is 5.73 Å². The van der Waals surface area contributed by atoms with Crippen LogP contribution >= 0.6 is 0 Å². The molecule has 7 aliphatic rings. The molecule has 7 atom stereocenters. The van der Waals surface area contributed by atoms with Gasteiger partial charge in [-0.1, -0.05) is 24.2 Å². The highest BCUT2D eigenvalue weighted by atomic mass is 28.2. The lowest BCUT2D eigenvalue weighted by Crippen LogP contribution is -2.44. The molecule has 2 nitrogen and oxygen atoms in total. The van der Waals surface area contributed by atoms with Crippen molar-refractivity contribution in [1.29, 1.82) is 0 Å². The summed E-state index contributed by atoms with van der Waals surface area (Å²) in [6.07, 6.45) is 7.26. The van der Waals surface area contributed by atoms with E-state index in [2.05, 4.69) is 26.0 Å². The quantitative estimate of drug-likeness (QED) is 0.746. The Bertz CT molecular complexity index is 665. The van der Waals surface area contributed by atoms with Crippen molar-refractivity contribution in [2.45, 2.75) is 37.3 Å². The zero-order valence-corrected chi connectivity index (χ0v) is 11.8. The van der Waals surface area contributed by atoms with E-state index in [-0.39, 0.29) is 19.7 Å². The van der Waals surface area contributed by atoms with E-state index in [4.69, 9.17) is 5.73 Å². The smallest absolute Gasteiger partial charge is 0.224 e. The molecular weight excluding hydrogens is 238 g/mol. The average molecular weight is 255 g/mol. The third-order valence-corrected chi connectivity index (χ3v) is 12.0. The Balaban J connectivity index is 1.48. The van der Waals surface area contributed by atoms with Crippen LogP contribution in [-0.4, -0.2) is 19.5 Å². The van der Waals surface area contributed by atoms with Gasteiger partial charge in [0.25, 0.3) is 0 Å². The fraction of sp³-hybridized carbons (Fsp3) is 0.733. The lowest BCUT2D eigenvalue weighted by molar-refractivity contribution is -0.128. The molecule has 6 aliphatic carbocycles. The van der Waals surface area contributed by atoms with E-state index in [9.17, 15) is 4.79 Å². The first kappa shape index (κ1) is 9.24. The van der Waals surface area contributed by atoms with Gasteiger partial charge in [0.15, 0.2) is 0 Å². The molecule has 7 unspecified atom stereocenters. The van der Waals surface area contributed by atoms with Crippen molar-refractivity contribution in [3.63, 3.8) is 0 Å². The molecule has 1 heterocycles. The summed E-state index contributed by atoms with van der Waals surface area (Å²) in [6, 6.07) is 0. The largest absolute Gasteiger partial charge is 0.369 e. The van der Waals surface area contributed by atoms with Crippen molar-refractivity contribution >= 4 is 19.5 Å². The minimum Gasteiger partial charge on any atom is -0.369 e. The Hall–Kier alpha value is -0.703. The molecular formula is C15H17NOSi. The lowest BCUT2D eigenvalue weighted by Gasteiger charge is -2.42. The number of primary amides is 1. The molecule has 18 heavy (non-hydrogen) atoms. The summed E-state index contributed by atoms with van der Waals surface area (Å²) in [7, 11) is -0.366. The maximum absolute atomic E-state index is 11.7. The van der Waals surface area contributed by atoms with E-state index >= 15 is 0 Å². The summed E-state index contributed by atoms with van der Waals surface area (Å²) in [6.45, 7) is 4.77. The van der Waals surface area contributed by atoms with Crippen molar-refractivity contribution < 1.29 is 4.79 Å². The number of rotatable bonds is 2. The molecule has 1 amide bonds. The molecule has 2 spiro atoms. The van der Waals surface area contributed by atoms with Crippen LogP contribution in [0.4, 0.5) is 0 Å². The van der Waals surface area contributed by atoms with Gasteiger partial charge < -0.3 is 5.73 Å². The van der Waals surface area contributed by atoms with Crippen LogP contribution in [0.1, 0.15) is 26.7 Å². The van der Waals surface area contributed by atoms with E-state index in [0.29, 0.717) is 15.9 Å². The highest BCUT2D eigenvalue weighted by Gasteiger charge is 3.34. The van der Waals surface area contributed by atoms with Crippen LogP contribution in [0.25, 0.3) is 0 Å². The molecule has 0 aromatic heterocycles. The number of fused-ring (bicyclic) bond motifs is 1. The molecule has 1 aliphatic heterocycles. The fourth-order valence-electron chi connectivity index (χ4n) is 7.94. The van der Waals surface area contributed by atoms with Gasteiger partial charge in [-0.3, -0.25) is 4.79 Å². The minimum atomic E-state index is -0.366. The molecule has 0 aromatic rings. The first-order chi connectivity index (χ1) is 8.56. The first-order valence-electron chi connectivity index (χ1n) is 7.25. The van der Waals surface area contributed by atoms with E-state index in [1.807, 2.05) is 0 Å². The molecule has 92 valence electrons. The van der Waals surface area contributed by atoms with E-state index < -0.39 is 0 Å². The Labute approximate surface area is 108 Å². The predicted octanol–water partition coefficient (Wildman–Crippen LogP) is 1.48. The third kappa shape index (κ3) is 0.420. The van der Waals surface area contributed by atoms with Crippen LogP contribution in [0.3, 0.4) is 0 Å². The number of hydrogen-bond donors (Lipinski definition) is 1. The zero-order chi connectivity index (χ0) is 12.3. The van der Waals surface area contributed by atoms with Crippen molar-refractivity contribution in [2.24, 2.45) is 33.8 Å². The SMILES string of the molecule is CC1=[Si](C23CCC4(C(N)=O)C5C46C2C536)C(C)C=C1. The van der Waals surface area contributed by atoms with E-state index in [0.717, 1.165) is 23.8 Å². The van der Waals surface area contributed by atoms with Crippen LogP contribution in [-0.2, 0) is 4.79 Å². The van der Waals surface area contributed by atoms with Gasteiger partial charge in [0.1, 0.15) is 0 Å². The fourth-order valence-corrected chi connectivity index (χ4v) is 12.8. The van der Waals surface area contributed by atoms with Gasteiger partial charge in [-0.05, 0) is 47.6 Å². The number of hydrogen-bond acceptors (Lipinski definition) is 1. The van der Waals surface area contributed by atoms with E-state index in [1.165, 1.54) is 6.42 Å². The van der Waals surface area contributed by atoms with Crippen LogP contribution in [0.5, 0.6) is 0 Å². The standard InChI is InChI=1S/C15H17NOSi/c1-7-3-4-8(2)18(7)13-6-5-12(11(16)17)9-14(12)10(13)15(9,13)14/h3-4,7,9-10H,5-6H2,1-2H3,(H2,16,17). The van der Waals surface area contributed by atoms with Gasteiger partial charge in [0.05, 0.1) is 5.41 Å². The van der Waals surface area contributed by atoms with Crippen LogP contribution in [0.15, 0.2) is 12.2 Å². The monoisotopic (exact) mass is 255 g/mol. The second-order valence-electron chi connectivity index (χ2n) is 7.66. The second kappa shape index (κ2) is 1.86. The van der Waals surface area contributed by atoms with Crippen molar-refractivity contribution in [2.75, 3.05) is 0 Å². The van der Waals surface area contributed by atoms with Gasteiger partial charge >= 0.3 is 0 Å². The summed E-state index contributed by atoms with van der Waals surface area (Å²) in [5, 5.41) is 2.41. The molecule has 3 heteroatoms.